The van der Waals surface area contributed by atoms with Gasteiger partial charge in [-0.25, -0.2) is 0 Å². The third kappa shape index (κ3) is 2.73. The van der Waals surface area contributed by atoms with E-state index in [9.17, 15) is 0 Å². The molecule has 0 aromatic carbocycles. The fourth-order valence-electron chi connectivity index (χ4n) is 3.23. The molecule has 82 valence electrons. The van der Waals surface area contributed by atoms with Crippen LogP contribution in [0.25, 0.3) is 0 Å². The quantitative estimate of drug-likeness (QED) is 0.726. The predicted octanol–water partition coefficient (Wildman–Crippen LogP) is 3.20. The molecule has 1 heteroatoms. The molecule has 0 aromatic rings. The molecule has 1 saturated carbocycles. The predicted molar refractivity (Wildman–Crippen MR) is 61.3 cm³/mol. The van der Waals surface area contributed by atoms with Crippen LogP contribution >= 0.6 is 0 Å². The van der Waals surface area contributed by atoms with Crippen LogP contribution in [0.1, 0.15) is 52.4 Å². The Hall–Kier alpha value is -0.0400. The van der Waals surface area contributed by atoms with E-state index in [4.69, 9.17) is 0 Å². The van der Waals surface area contributed by atoms with Crippen LogP contribution in [0.5, 0.6) is 0 Å². The average Bonchev–Trinajstić information content (AvgIpc) is 2.85. The second-order valence-corrected chi connectivity index (χ2v) is 6.00. The summed E-state index contributed by atoms with van der Waals surface area (Å²) in [7, 11) is 0. The number of hydrogen-bond donors (Lipinski definition) is 1. The lowest BCUT2D eigenvalue weighted by molar-refractivity contribution is 0.256. The second kappa shape index (κ2) is 4.22. The van der Waals surface area contributed by atoms with Crippen LogP contribution in [0.2, 0.25) is 0 Å². The summed E-state index contributed by atoms with van der Waals surface area (Å²) >= 11 is 0. The maximum atomic E-state index is 3.46. The van der Waals surface area contributed by atoms with Crippen LogP contribution < -0.4 is 5.32 Å². The van der Waals surface area contributed by atoms with Crippen LogP contribution in [-0.4, -0.2) is 13.1 Å². The summed E-state index contributed by atoms with van der Waals surface area (Å²) in [4.78, 5) is 0. The summed E-state index contributed by atoms with van der Waals surface area (Å²) in [6, 6.07) is 0. The van der Waals surface area contributed by atoms with Crippen molar-refractivity contribution in [1.82, 2.24) is 5.32 Å². The van der Waals surface area contributed by atoms with E-state index in [1.54, 1.807) is 0 Å². The van der Waals surface area contributed by atoms with Crippen molar-refractivity contribution in [3.05, 3.63) is 0 Å². The summed E-state index contributed by atoms with van der Waals surface area (Å²) in [5.74, 6) is 1.94. The lowest BCUT2D eigenvalue weighted by Crippen LogP contribution is -2.29. The highest BCUT2D eigenvalue weighted by Gasteiger charge is 2.43. The van der Waals surface area contributed by atoms with Crippen molar-refractivity contribution in [2.75, 3.05) is 13.1 Å². The summed E-state index contributed by atoms with van der Waals surface area (Å²) in [5.41, 5.74) is 0.802. The SMILES string of the molecule is CC(C)CC1(CC2CCNCC2)CC1. The minimum Gasteiger partial charge on any atom is -0.317 e. The molecular formula is C13H25N. The van der Waals surface area contributed by atoms with Crippen LogP contribution in [-0.2, 0) is 0 Å². The second-order valence-electron chi connectivity index (χ2n) is 6.00. The Morgan fingerprint density at radius 2 is 1.86 bits per heavy atom. The average molecular weight is 195 g/mol. The Morgan fingerprint density at radius 3 is 2.36 bits per heavy atom. The van der Waals surface area contributed by atoms with Crippen molar-refractivity contribution >= 4 is 0 Å². The lowest BCUT2D eigenvalue weighted by Gasteiger charge is -2.27. The molecule has 0 spiro atoms. The standard InChI is InChI=1S/C13H25N/c1-11(2)9-13(5-6-13)10-12-3-7-14-8-4-12/h11-12,14H,3-10H2,1-2H3. The zero-order valence-electron chi connectivity index (χ0n) is 9.81. The van der Waals surface area contributed by atoms with E-state index in [1.165, 1.54) is 51.6 Å². The highest BCUT2D eigenvalue weighted by atomic mass is 14.9. The van der Waals surface area contributed by atoms with Crippen LogP contribution in [0, 0.1) is 17.3 Å². The van der Waals surface area contributed by atoms with Crippen LogP contribution in [0.15, 0.2) is 0 Å². The van der Waals surface area contributed by atoms with Gasteiger partial charge in [0.1, 0.15) is 0 Å². The summed E-state index contributed by atoms with van der Waals surface area (Å²) in [5, 5.41) is 3.46. The smallest absolute Gasteiger partial charge is 0.00463 e. The number of piperidine rings is 1. The van der Waals surface area contributed by atoms with E-state index in [-0.39, 0.29) is 0 Å². The normalized spacial score (nSPS) is 26.8. The first-order valence-corrected chi connectivity index (χ1v) is 6.41. The molecule has 0 radical (unpaired) electrons. The van der Waals surface area contributed by atoms with E-state index in [0.29, 0.717) is 0 Å². The molecule has 1 nitrogen and oxygen atoms in total. The van der Waals surface area contributed by atoms with Crippen molar-refractivity contribution in [3.63, 3.8) is 0 Å². The highest BCUT2D eigenvalue weighted by Crippen LogP contribution is 2.55. The highest BCUT2D eigenvalue weighted by molar-refractivity contribution is 4.95. The number of nitrogens with one attached hydrogen (secondary N) is 1. The van der Waals surface area contributed by atoms with Gasteiger partial charge in [0.05, 0.1) is 0 Å². The molecular weight excluding hydrogens is 170 g/mol. The largest absolute Gasteiger partial charge is 0.317 e. The molecule has 0 aromatic heterocycles. The van der Waals surface area contributed by atoms with E-state index in [2.05, 4.69) is 19.2 Å². The Kier molecular flexibility index (Phi) is 3.16. The maximum absolute atomic E-state index is 3.46. The Balaban J connectivity index is 1.77. The van der Waals surface area contributed by atoms with Gasteiger partial charge in [0.15, 0.2) is 0 Å². The number of hydrogen-bond acceptors (Lipinski definition) is 1. The van der Waals surface area contributed by atoms with E-state index >= 15 is 0 Å². The fourth-order valence-corrected chi connectivity index (χ4v) is 3.23. The molecule has 1 saturated heterocycles. The Labute approximate surface area is 88.7 Å². The summed E-state index contributed by atoms with van der Waals surface area (Å²) in [6.45, 7) is 7.29. The third-order valence-corrected chi connectivity index (χ3v) is 3.98. The van der Waals surface area contributed by atoms with Crippen molar-refractivity contribution in [1.29, 1.82) is 0 Å². The van der Waals surface area contributed by atoms with Crippen molar-refractivity contribution in [2.24, 2.45) is 17.3 Å². The van der Waals surface area contributed by atoms with Crippen LogP contribution in [0.3, 0.4) is 0 Å². The van der Waals surface area contributed by atoms with Gasteiger partial charge in [-0.1, -0.05) is 13.8 Å². The fraction of sp³-hybridized carbons (Fsp3) is 1.00. The molecule has 1 aliphatic heterocycles. The van der Waals surface area contributed by atoms with Gasteiger partial charge in [-0.3, -0.25) is 0 Å². The van der Waals surface area contributed by atoms with Gasteiger partial charge in [-0.15, -0.1) is 0 Å². The van der Waals surface area contributed by atoms with Crippen molar-refractivity contribution in [3.8, 4) is 0 Å². The first kappa shape index (κ1) is 10.5. The first-order chi connectivity index (χ1) is 6.70. The molecule has 0 bridgehead atoms. The van der Waals surface area contributed by atoms with Crippen molar-refractivity contribution < 1.29 is 0 Å². The minimum atomic E-state index is 0.802. The summed E-state index contributed by atoms with van der Waals surface area (Å²) in [6.07, 6.45) is 8.92. The number of rotatable bonds is 4. The molecule has 1 heterocycles. The summed E-state index contributed by atoms with van der Waals surface area (Å²) < 4.78 is 0. The van der Waals surface area contributed by atoms with Crippen LogP contribution in [0.4, 0.5) is 0 Å². The Morgan fingerprint density at radius 1 is 1.21 bits per heavy atom. The molecule has 1 N–H and O–H groups in total. The Bertz CT molecular complexity index is 176. The lowest BCUT2D eigenvalue weighted by atomic mass is 9.82. The van der Waals surface area contributed by atoms with Gasteiger partial charge in [0, 0.05) is 0 Å². The van der Waals surface area contributed by atoms with Crippen molar-refractivity contribution in [2.45, 2.75) is 52.4 Å². The van der Waals surface area contributed by atoms with Gasteiger partial charge in [-0.05, 0) is 68.9 Å². The van der Waals surface area contributed by atoms with Gasteiger partial charge < -0.3 is 5.32 Å². The molecule has 14 heavy (non-hydrogen) atoms. The topological polar surface area (TPSA) is 12.0 Å². The minimum absolute atomic E-state index is 0.802. The van der Waals surface area contributed by atoms with E-state index < -0.39 is 0 Å². The van der Waals surface area contributed by atoms with Gasteiger partial charge in [0.25, 0.3) is 0 Å². The molecule has 2 fully saturated rings. The maximum Gasteiger partial charge on any atom is -0.00463 e. The molecule has 0 unspecified atom stereocenters. The monoisotopic (exact) mass is 195 g/mol. The van der Waals surface area contributed by atoms with E-state index in [0.717, 1.165) is 17.3 Å². The molecule has 2 rings (SSSR count). The zero-order chi connectivity index (χ0) is 10.0. The van der Waals surface area contributed by atoms with Gasteiger partial charge in [0.2, 0.25) is 0 Å². The zero-order valence-corrected chi connectivity index (χ0v) is 9.81. The van der Waals surface area contributed by atoms with Gasteiger partial charge >= 0.3 is 0 Å². The molecule has 0 atom stereocenters. The van der Waals surface area contributed by atoms with E-state index in [1.807, 2.05) is 0 Å². The van der Waals surface area contributed by atoms with Gasteiger partial charge in [-0.2, -0.15) is 0 Å². The third-order valence-electron chi connectivity index (χ3n) is 3.98. The molecule has 1 aliphatic carbocycles. The first-order valence-electron chi connectivity index (χ1n) is 6.41. The molecule has 2 aliphatic rings. The molecule has 0 amide bonds.